The topological polar surface area (TPSA) is 62.4 Å². The Morgan fingerprint density at radius 2 is 1.62 bits per heavy atom. The smallest absolute Gasteiger partial charge is 0.270 e. The summed E-state index contributed by atoms with van der Waals surface area (Å²) in [5.41, 5.74) is 1.90. The molecule has 3 rings (SSSR count). The summed E-state index contributed by atoms with van der Waals surface area (Å²) in [7, 11) is 1.70. The number of amides is 1. The molecule has 0 aliphatic heterocycles. The van der Waals surface area contributed by atoms with Crippen molar-refractivity contribution in [1.82, 2.24) is 9.88 Å². The Kier molecular flexibility index (Phi) is 5.49. The van der Waals surface area contributed by atoms with E-state index in [1.165, 1.54) is 12.3 Å². The zero-order valence-electron chi connectivity index (χ0n) is 14.5. The van der Waals surface area contributed by atoms with Crippen LogP contribution in [0.4, 0.5) is 0 Å². The van der Waals surface area contributed by atoms with Crippen molar-refractivity contribution < 1.29 is 9.53 Å². The number of aromatic amines is 1. The lowest BCUT2D eigenvalue weighted by molar-refractivity contribution is 0.0779. The second-order valence-corrected chi connectivity index (χ2v) is 6.00. The van der Waals surface area contributed by atoms with E-state index in [9.17, 15) is 9.59 Å². The predicted molar refractivity (Wildman–Crippen MR) is 100 cm³/mol. The fourth-order valence-electron chi connectivity index (χ4n) is 2.56. The van der Waals surface area contributed by atoms with Gasteiger partial charge in [0.25, 0.3) is 5.91 Å². The number of aromatic nitrogens is 1. The van der Waals surface area contributed by atoms with Crippen LogP contribution in [0, 0.1) is 0 Å². The molecule has 132 valence electrons. The molecule has 0 fully saturated rings. The third kappa shape index (κ3) is 4.39. The fraction of sp³-hybridized carbons (Fsp3) is 0.143. The summed E-state index contributed by atoms with van der Waals surface area (Å²) < 4.78 is 5.55. The van der Waals surface area contributed by atoms with Gasteiger partial charge in [0.2, 0.25) is 5.43 Å². The highest BCUT2D eigenvalue weighted by atomic mass is 16.5. The van der Waals surface area contributed by atoms with Gasteiger partial charge in [-0.15, -0.1) is 0 Å². The van der Waals surface area contributed by atoms with Gasteiger partial charge in [-0.25, -0.2) is 0 Å². The quantitative estimate of drug-likeness (QED) is 0.744. The van der Waals surface area contributed by atoms with Crippen molar-refractivity contribution in [2.75, 3.05) is 7.05 Å². The van der Waals surface area contributed by atoms with Gasteiger partial charge in [-0.3, -0.25) is 9.59 Å². The number of hydrogen-bond donors (Lipinski definition) is 1. The van der Waals surface area contributed by atoms with E-state index in [2.05, 4.69) is 4.98 Å². The van der Waals surface area contributed by atoms with Gasteiger partial charge in [0.15, 0.2) is 5.75 Å². The summed E-state index contributed by atoms with van der Waals surface area (Å²) in [4.78, 5) is 29.2. The molecule has 3 aromatic rings. The van der Waals surface area contributed by atoms with Crippen molar-refractivity contribution in [2.24, 2.45) is 0 Å². The summed E-state index contributed by atoms with van der Waals surface area (Å²) in [6.45, 7) is 0.763. The van der Waals surface area contributed by atoms with Crippen LogP contribution in [-0.2, 0) is 13.2 Å². The standard InChI is InChI=1S/C21H20N2O3/c1-23(14-16-8-4-2-5-9-16)21(25)18-12-19(24)20(13-22-18)26-15-17-10-6-3-7-11-17/h2-13H,14-15H2,1H3,(H,22,24). The molecule has 26 heavy (non-hydrogen) atoms. The van der Waals surface area contributed by atoms with Gasteiger partial charge in [-0.1, -0.05) is 60.7 Å². The largest absolute Gasteiger partial charge is 0.483 e. The molecule has 0 unspecified atom stereocenters. The number of nitrogens with one attached hydrogen (secondary N) is 1. The molecule has 0 aliphatic rings. The zero-order chi connectivity index (χ0) is 18.4. The Hall–Kier alpha value is -3.34. The maximum Gasteiger partial charge on any atom is 0.270 e. The van der Waals surface area contributed by atoms with Gasteiger partial charge in [-0.2, -0.15) is 0 Å². The van der Waals surface area contributed by atoms with E-state index in [4.69, 9.17) is 4.74 Å². The van der Waals surface area contributed by atoms with Gasteiger partial charge in [-0.05, 0) is 11.1 Å². The van der Waals surface area contributed by atoms with Crippen LogP contribution in [0.1, 0.15) is 21.6 Å². The van der Waals surface area contributed by atoms with Gasteiger partial charge < -0.3 is 14.6 Å². The number of ether oxygens (including phenoxy) is 1. The predicted octanol–water partition coefficient (Wildman–Crippen LogP) is 3.23. The summed E-state index contributed by atoms with van der Waals surface area (Å²) in [6, 6.07) is 20.5. The lowest BCUT2D eigenvalue weighted by Gasteiger charge is -2.17. The number of H-pyrrole nitrogens is 1. The third-order valence-electron chi connectivity index (χ3n) is 3.95. The first-order valence-corrected chi connectivity index (χ1v) is 8.32. The van der Waals surface area contributed by atoms with Crippen molar-refractivity contribution >= 4 is 5.91 Å². The first-order valence-electron chi connectivity index (χ1n) is 8.32. The Morgan fingerprint density at radius 3 is 2.23 bits per heavy atom. The molecular formula is C21H20N2O3. The Bertz CT molecular complexity index is 921. The minimum Gasteiger partial charge on any atom is -0.483 e. The molecule has 1 N–H and O–H groups in total. The van der Waals surface area contributed by atoms with E-state index in [0.29, 0.717) is 13.2 Å². The number of carbonyl (C=O) groups excluding carboxylic acids is 1. The zero-order valence-corrected chi connectivity index (χ0v) is 14.5. The number of carbonyl (C=O) groups is 1. The Balaban J connectivity index is 1.66. The number of hydrogen-bond acceptors (Lipinski definition) is 3. The van der Waals surface area contributed by atoms with Crippen molar-refractivity contribution in [3.63, 3.8) is 0 Å². The molecule has 0 aliphatic carbocycles. The van der Waals surface area contributed by atoms with Gasteiger partial charge >= 0.3 is 0 Å². The minimum atomic E-state index is -0.323. The molecule has 0 radical (unpaired) electrons. The molecule has 0 saturated heterocycles. The molecule has 1 heterocycles. The average Bonchev–Trinajstić information content (AvgIpc) is 2.68. The maximum absolute atomic E-state index is 12.5. The van der Waals surface area contributed by atoms with Gasteiger partial charge in [0.05, 0.1) is 0 Å². The first kappa shape index (κ1) is 17.5. The number of pyridine rings is 1. The normalized spacial score (nSPS) is 10.3. The Labute approximate surface area is 151 Å². The molecule has 5 heteroatoms. The van der Waals surface area contributed by atoms with Crippen LogP contribution in [0.5, 0.6) is 5.75 Å². The minimum absolute atomic E-state index is 0.191. The maximum atomic E-state index is 12.5. The third-order valence-corrected chi connectivity index (χ3v) is 3.95. The second kappa shape index (κ2) is 8.16. The molecule has 1 amide bonds. The fourth-order valence-corrected chi connectivity index (χ4v) is 2.56. The van der Waals surface area contributed by atoms with Crippen molar-refractivity contribution in [1.29, 1.82) is 0 Å². The van der Waals surface area contributed by atoms with Crippen LogP contribution in [0.3, 0.4) is 0 Å². The van der Waals surface area contributed by atoms with Crippen LogP contribution in [-0.4, -0.2) is 22.8 Å². The first-order chi connectivity index (χ1) is 12.6. The molecule has 0 atom stereocenters. The van der Waals surface area contributed by atoms with E-state index >= 15 is 0 Å². The SMILES string of the molecule is CN(Cc1ccccc1)C(=O)c1cc(=O)c(OCc2ccccc2)c[nH]1. The highest BCUT2D eigenvalue weighted by molar-refractivity contribution is 5.92. The van der Waals surface area contributed by atoms with Gasteiger partial charge in [0, 0.05) is 25.9 Å². The van der Waals surface area contributed by atoms with Crippen LogP contribution in [0.15, 0.2) is 77.7 Å². The van der Waals surface area contributed by atoms with Crippen LogP contribution < -0.4 is 10.2 Å². The van der Waals surface area contributed by atoms with Crippen LogP contribution >= 0.6 is 0 Å². The highest BCUT2D eigenvalue weighted by Gasteiger charge is 2.14. The van der Waals surface area contributed by atoms with Gasteiger partial charge in [0.1, 0.15) is 12.3 Å². The molecule has 0 spiro atoms. The van der Waals surface area contributed by atoms with E-state index in [-0.39, 0.29) is 22.8 Å². The van der Waals surface area contributed by atoms with E-state index in [1.807, 2.05) is 60.7 Å². The molecule has 1 aromatic heterocycles. The summed E-state index contributed by atoms with van der Waals surface area (Å²) >= 11 is 0. The lowest BCUT2D eigenvalue weighted by Crippen LogP contribution is -2.28. The monoisotopic (exact) mass is 348 g/mol. The summed E-state index contributed by atoms with van der Waals surface area (Å²) in [6.07, 6.45) is 1.44. The summed E-state index contributed by atoms with van der Waals surface area (Å²) in [5.74, 6) is -0.0586. The van der Waals surface area contributed by atoms with Crippen molar-refractivity contribution in [3.05, 3.63) is 100.0 Å². The molecule has 2 aromatic carbocycles. The molecule has 5 nitrogen and oxygen atoms in total. The molecule has 0 saturated carbocycles. The second-order valence-electron chi connectivity index (χ2n) is 6.00. The van der Waals surface area contributed by atoms with Crippen LogP contribution in [0.25, 0.3) is 0 Å². The highest BCUT2D eigenvalue weighted by Crippen LogP contribution is 2.09. The van der Waals surface area contributed by atoms with Crippen molar-refractivity contribution in [3.8, 4) is 5.75 Å². The van der Waals surface area contributed by atoms with Crippen molar-refractivity contribution in [2.45, 2.75) is 13.2 Å². The number of rotatable bonds is 6. The lowest BCUT2D eigenvalue weighted by atomic mass is 10.2. The summed E-state index contributed by atoms with van der Waals surface area (Å²) in [5, 5.41) is 0. The number of nitrogens with zero attached hydrogens (tertiary/aromatic N) is 1. The van der Waals surface area contributed by atoms with E-state index in [0.717, 1.165) is 11.1 Å². The number of benzene rings is 2. The van der Waals surface area contributed by atoms with Crippen LogP contribution in [0.2, 0.25) is 0 Å². The molecular weight excluding hydrogens is 328 g/mol. The average molecular weight is 348 g/mol. The molecule has 0 bridgehead atoms. The van der Waals surface area contributed by atoms with E-state index < -0.39 is 0 Å². The Morgan fingerprint density at radius 1 is 1.00 bits per heavy atom. The van der Waals surface area contributed by atoms with E-state index in [1.54, 1.807) is 11.9 Å².